The zero-order chi connectivity index (χ0) is 23.2. The van der Waals surface area contributed by atoms with Gasteiger partial charge in [0.1, 0.15) is 5.75 Å². The normalized spacial score (nSPS) is 25.7. The Bertz CT molecular complexity index is 1160. The smallest absolute Gasteiger partial charge is 0.308 e. The molecule has 0 amide bonds. The third kappa shape index (κ3) is 3.68. The van der Waals surface area contributed by atoms with E-state index in [1.54, 1.807) is 7.11 Å². The van der Waals surface area contributed by atoms with Crippen LogP contribution >= 0.6 is 0 Å². The first-order valence-corrected chi connectivity index (χ1v) is 11.7. The van der Waals surface area contributed by atoms with Crippen molar-refractivity contribution in [1.29, 1.82) is 0 Å². The van der Waals surface area contributed by atoms with Gasteiger partial charge >= 0.3 is 5.97 Å². The zero-order valence-electron chi connectivity index (χ0n) is 19.0. The topological polar surface area (TPSA) is 71.5 Å². The van der Waals surface area contributed by atoms with Crippen LogP contribution in [0.15, 0.2) is 72.8 Å². The molecule has 0 saturated carbocycles. The van der Waals surface area contributed by atoms with Crippen LogP contribution in [0, 0.1) is 5.92 Å². The van der Waals surface area contributed by atoms with E-state index >= 15 is 0 Å². The second-order valence-electron chi connectivity index (χ2n) is 9.23. The van der Waals surface area contributed by atoms with E-state index < -0.39 is 11.9 Å². The molecule has 0 aromatic heterocycles. The lowest BCUT2D eigenvalue weighted by Crippen LogP contribution is -2.28. The summed E-state index contributed by atoms with van der Waals surface area (Å²) in [5.41, 5.74) is 6.12. The van der Waals surface area contributed by atoms with Crippen LogP contribution in [-0.4, -0.2) is 55.3 Å². The first-order chi connectivity index (χ1) is 16.6. The van der Waals surface area contributed by atoms with Gasteiger partial charge in [-0.1, -0.05) is 60.7 Å². The maximum Gasteiger partial charge on any atom is 0.308 e. The van der Waals surface area contributed by atoms with Crippen molar-refractivity contribution in [2.45, 2.75) is 24.4 Å². The van der Waals surface area contributed by atoms with E-state index in [1.807, 2.05) is 24.3 Å². The average Bonchev–Trinajstić information content (AvgIpc) is 3.38. The summed E-state index contributed by atoms with van der Waals surface area (Å²) in [4.78, 5) is 14.1. The number of hydrogen-bond acceptors (Lipinski definition) is 5. The lowest BCUT2D eigenvalue weighted by atomic mass is 9.89. The van der Waals surface area contributed by atoms with Crippen molar-refractivity contribution in [2.75, 3.05) is 26.8 Å². The predicted molar refractivity (Wildman–Crippen MR) is 127 cm³/mol. The third-order valence-electron chi connectivity index (χ3n) is 7.39. The quantitative estimate of drug-likeness (QED) is 0.533. The van der Waals surface area contributed by atoms with Crippen molar-refractivity contribution in [3.05, 3.63) is 89.5 Å². The number of methoxy groups -OCH3 is 1. The SMILES string of the molecule is COc1ccc([C@@H]2CN(C3OC3OCC3c4ccccc4-c4ccccc43)C[C@H]2C(=O)O)cc1. The molecule has 2 aliphatic heterocycles. The van der Waals surface area contributed by atoms with Crippen LogP contribution in [0.3, 0.4) is 0 Å². The molecule has 34 heavy (non-hydrogen) atoms. The van der Waals surface area contributed by atoms with Gasteiger partial charge in [0, 0.05) is 24.9 Å². The number of epoxide rings is 1. The van der Waals surface area contributed by atoms with E-state index in [1.165, 1.54) is 22.3 Å². The zero-order valence-corrected chi connectivity index (χ0v) is 19.0. The van der Waals surface area contributed by atoms with Crippen molar-refractivity contribution >= 4 is 5.97 Å². The molecular weight excluding hydrogens is 430 g/mol. The molecule has 2 unspecified atom stereocenters. The van der Waals surface area contributed by atoms with Gasteiger partial charge in [-0.25, -0.2) is 0 Å². The fraction of sp³-hybridized carbons (Fsp3) is 0.321. The van der Waals surface area contributed by atoms with Crippen LogP contribution in [-0.2, 0) is 14.3 Å². The predicted octanol–water partition coefficient (Wildman–Crippen LogP) is 4.31. The van der Waals surface area contributed by atoms with E-state index in [9.17, 15) is 9.90 Å². The summed E-state index contributed by atoms with van der Waals surface area (Å²) < 4.78 is 17.3. The molecule has 0 radical (unpaired) electrons. The number of carbonyl (C=O) groups is 1. The van der Waals surface area contributed by atoms with Gasteiger partial charge in [0.05, 0.1) is 19.6 Å². The molecule has 0 spiro atoms. The van der Waals surface area contributed by atoms with E-state index in [-0.39, 0.29) is 24.4 Å². The second kappa shape index (κ2) is 8.55. The highest BCUT2D eigenvalue weighted by atomic mass is 16.8. The molecule has 6 rings (SSSR count). The number of hydrogen-bond donors (Lipinski definition) is 1. The lowest BCUT2D eigenvalue weighted by molar-refractivity contribution is -0.141. The average molecular weight is 458 g/mol. The van der Waals surface area contributed by atoms with Crippen molar-refractivity contribution in [2.24, 2.45) is 5.92 Å². The Morgan fingerprint density at radius 2 is 1.62 bits per heavy atom. The van der Waals surface area contributed by atoms with Crippen molar-refractivity contribution in [1.82, 2.24) is 4.90 Å². The number of aliphatic carboxylic acids is 1. The molecule has 4 atom stereocenters. The molecule has 6 heteroatoms. The Labute approximate surface area is 198 Å². The molecule has 174 valence electrons. The van der Waals surface area contributed by atoms with Crippen molar-refractivity contribution in [3.63, 3.8) is 0 Å². The van der Waals surface area contributed by atoms with E-state index in [4.69, 9.17) is 14.2 Å². The lowest BCUT2D eigenvalue weighted by Gasteiger charge is -2.16. The van der Waals surface area contributed by atoms with Gasteiger partial charge in [-0.3, -0.25) is 9.69 Å². The fourth-order valence-corrected chi connectivity index (χ4v) is 5.58. The second-order valence-corrected chi connectivity index (χ2v) is 9.23. The molecule has 3 aromatic carbocycles. The molecule has 0 bridgehead atoms. The molecule has 1 aliphatic carbocycles. The first-order valence-electron chi connectivity index (χ1n) is 11.7. The summed E-state index contributed by atoms with van der Waals surface area (Å²) in [7, 11) is 1.62. The highest BCUT2D eigenvalue weighted by Gasteiger charge is 2.51. The summed E-state index contributed by atoms with van der Waals surface area (Å²) in [6.45, 7) is 1.61. The number of benzene rings is 3. The third-order valence-corrected chi connectivity index (χ3v) is 7.39. The van der Waals surface area contributed by atoms with Crippen LogP contribution in [0.5, 0.6) is 5.75 Å². The molecule has 2 fully saturated rings. The summed E-state index contributed by atoms with van der Waals surface area (Å²) >= 11 is 0. The molecule has 2 saturated heterocycles. The van der Waals surface area contributed by atoms with E-state index in [2.05, 4.69) is 53.4 Å². The Kier molecular flexibility index (Phi) is 5.37. The highest BCUT2D eigenvalue weighted by Crippen LogP contribution is 2.46. The van der Waals surface area contributed by atoms with Gasteiger partial charge in [0.15, 0.2) is 12.5 Å². The monoisotopic (exact) mass is 457 g/mol. The Hall–Kier alpha value is -3.19. The number of likely N-dealkylation sites (tertiary alicyclic amines) is 1. The highest BCUT2D eigenvalue weighted by molar-refractivity contribution is 5.78. The van der Waals surface area contributed by atoms with E-state index in [0.29, 0.717) is 19.7 Å². The minimum atomic E-state index is -0.777. The largest absolute Gasteiger partial charge is 0.497 e. The Morgan fingerprint density at radius 3 is 2.24 bits per heavy atom. The maximum absolute atomic E-state index is 12.0. The van der Waals surface area contributed by atoms with Crippen molar-refractivity contribution < 1.29 is 24.1 Å². The molecule has 2 heterocycles. The van der Waals surface area contributed by atoms with E-state index in [0.717, 1.165) is 11.3 Å². The van der Waals surface area contributed by atoms with Crippen LogP contribution in [0.2, 0.25) is 0 Å². The van der Waals surface area contributed by atoms with Crippen LogP contribution in [0.4, 0.5) is 0 Å². The Morgan fingerprint density at radius 1 is 0.971 bits per heavy atom. The van der Waals surface area contributed by atoms with Gasteiger partial charge in [-0.2, -0.15) is 0 Å². The summed E-state index contributed by atoms with van der Waals surface area (Å²) in [5, 5.41) is 9.84. The number of fused-ring (bicyclic) bond motifs is 3. The minimum Gasteiger partial charge on any atom is -0.497 e. The van der Waals surface area contributed by atoms with Crippen molar-refractivity contribution in [3.8, 4) is 16.9 Å². The first kappa shape index (κ1) is 21.4. The summed E-state index contributed by atoms with van der Waals surface area (Å²) in [5.74, 6) is -0.413. The number of carboxylic acids is 1. The van der Waals surface area contributed by atoms with Gasteiger partial charge in [0.25, 0.3) is 0 Å². The minimum absolute atomic E-state index is 0.0955. The van der Waals surface area contributed by atoms with Gasteiger partial charge in [0.2, 0.25) is 0 Å². The molecule has 3 aromatic rings. The van der Waals surface area contributed by atoms with Crippen LogP contribution < -0.4 is 4.74 Å². The molecular formula is C28H27NO5. The Balaban J connectivity index is 1.13. The number of rotatable bonds is 7. The van der Waals surface area contributed by atoms with Gasteiger partial charge in [-0.15, -0.1) is 0 Å². The number of ether oxygens (including phenoxy) is 3. The van der Waals surface area contributed by atoms with Crippen LogP contribution in [0.1, 0.15) is 28.5 Å². The van der Waals surface area contributed by atoms with Crippen LogP contribution in [0.25, 0.3) is 11.1 Å². The molecule has 3 aliphatic rings. The van der Waals surface area contributed by atoms with Gasteiger partial charge < -0.3 is 19.3 Å². The number of carboxylic acid groups (broad SMARTS) is 1. The summed E-state index contributed by atoms with van der Waals surface area (Å²) in [6, 6.07) is 24.7. The maximum atomic E-state index is 12.0. The molecule has 6 nitrogen and oxygen atoms in total. The standard InChI is InChI=1S/C28H27NO5/c1-32-18-12-10-17(11-13-18)23-14-29(15-24(23)27(30)31)26-28(34-26)33-16-25-21-8-4-2-6-19(21)20-7-3-5-9-22(20)25/h2-13,23-26,28H,14-16H2,1H3,(H,30,31)/t23-,24+,26?,28?/m0/s1. The number of nitrogens with zero attached hydrogens (tertiary/aromatic N) is 1. The van der Waals surface area contributed by atoms with Gasteiger partial charge in [-0.05, 0) is 39.9 Å². The molecule has 1 N–H and O–H groups in total. The fourth-order valence-electron chi connectivity index (χ4n) is 5.58. The summed E-state index contributed by atoms with van der Waals surface area (Å²) in [6.07, 6.45) is -0.527.